The predicted octanol–water partition coefficient (Wildman–Crippen LogP) is 3.38. The van der Waals surface area contributed by atoms with Crippen molar-refractivity contribution < 1.29 is 14.3 Å². The summed E-state index contributed by atoms with van der Waals surface area (Å²) in [7, 11) is 0. The van der Waals surface area contributed by atoms with Crippen molar-refractivity contribution in [1.82, 2.24) is 0 Å². The van der Waals surface area contributed by atoms with E-state index in [-0.39, 0.29) is 18.2 Å². The zero-order chi connectivity index (χ0) is 13.0. The van der Waals surface area contributed by atoms with E-state index in [0.29, 0.717) is 12.5 Å². The third kappa shape index (κ3) is 3.58. The average Bonchev–Trinajstić information content (AvgIpc) is 2.90. The molecule has 1 unspecified atom stereocenters. The van der Waals surface area contributed by atoms with Gasteiger partial charge in [0.05, 0.1) is 12.2 Å². The molecule has 3 atom stereocenters. The number of hydrogen-bond donors (Lipinski definition) is 0. The third-order valence-corrected chi connectivity index (χ3v) is 3.90. The Morgan fingerprint density at radius 3 is 2.78 bits per heavy atom. The van der Waals surface area contributed by atoms with E-state index in [1.807, 2.05) is 0 Å². The first kappa shape index (κ1) is 13.6. The summed E-state index contributed by atoms with van der Waals surface area (Å²) >= 11 is 0. The van der Waals surface area contributed by atoms with Crippen molar-refractivity contribution in [3.05, 3.63) is 12.2 Å². The van der Waals surface area contributed by atoms with Gasteiger partial charge in [-0.25, -0.2) is 0 Å². The normalized spacial score (nSPS) is 31.9. The Morgan fingerprint density at radius 2 is 2.11 bits per heavy atom. The second kappa shape index (κ2) is 6.37. The van der Waals surface area contributed by atoms with Crippen LogP contribution >= 0.6 is 0 Å². The van der Waals surface area contributed by atoms with Crippen LogP contribution in [0, 0.1) is 0 Å². The largest absolute Gasteiger partial charge is 0.462 e. The highest BCUT2D eigenvalue weighted by atomic mass is 16.5. The Kier molecular flexibility index (Phi) is 4.81. The van der Waals surface area contributed by atoms with Crippen LogP contribution in [0.2, 0.25) is 0 Å². The van der Waals surface area contributed by atoms with Crippen molar-refractivity contribution in [3.8, 4) is 0 Å². The molecule has 18 heavy (non-hydrogen) atoms. The van der Waals surface area contributed by atoms with Gasteiger partial charge >= 0.3 is 5.97 Å². The van der Waals surface area contributed by atoms with Crippen LogP contribution in [-0.4, -0.2) is 24.3 Å². The van der Waals surface area contributed by atoms with E-state index in [1.165, 1.54) is 18.4 Å². The minimum absolute atomic E-state index is 0.0491. The van der Waals surface area contributed by atoms with Crippen molar-refractivity contribution in [3.63, 3.8) is 0 Å². The van der Waals surface area contributed by atoms with Gasteiger partial charge < -0.3 is 9.47 Å². The summed E-state index contributed by atoms with van der Waals surface area (Å²) in [6.45, 7) is 6.33. The lowest BCUT2D eigenvalue weighted by Crippen LogP contribution is -2.15. The maximum absolute atomic E-state index is 11.0. The molecule has 0 aliphatic carbocycles. The van der Waals surface area contributed by atoms with Crippen LogP contribution < -0.4 is 0 Å². The van der Waals surface area contributed by atoms with Gasteiger partial charge in [-0.15, -0.1) is 0 Å². The molecule has 0 aromatic rings. The molecule has 3 heteroatoms. The van der Waals surface area contributed by atoms with Crippen LogP contribution in [0.3, 0.4) is 0 Å². The molecular formula is C15H24O3. The Morgan fingerprint density at radius 1 is 1.28 bits per heavy atom. The molecular weight excluding hydrogens is 228 g/mol. The van der Waals surface area contributed by atoms with Crippen LogP contribution in [0.4, 0.5) is 0 Å². The van der Waals surface area contributed by atoms with E-state index < -0.39 is 0 Å². The SMILES string of the molecule is C=C1C[C@H](CCCC)OC1CC[C@@H]1CCC(=O)O1. The summed E-state index contributed by atoms with van der Waals surface area (Å²) < 4.78 is 11.2. The number of ether oxygens (including phenoxy) is 2. The predicted molar refractivity (Wildman–Crippen MR) is 70.3 cm³/mol. The molecule has 2 saturated heterocycles. The van der Waals surface area contributed by atoms with Gasteiger partial charge in [0.2, 0.25) is 0 Å². The van der Waals surface area contributed by atoms with E-state index >= 15 is 0 Å². The van der Waals surface area contributed by atoms with Gasteiger partial charge in [0.25, 0.3) is 0 Å². The summed E-state index contributed by atoms with van der Waals surface area (Å²) in [6, 6.07) is 0. The molecule has 3 nitrogen and oxygen atoms in total. The van der Waals surface area contributed by atoms with Crippen LogP contribution in [0.15, 0.2) is 12.2 Å². The van der Waals surface area contributed by atoms with Gasteiger partial charge in [-0.2, -0.15) is 0 Å². The van der Waals surface area contributed by atoms with Gasteiger partial charge in [0.1, 0.15) is 6.10 Å². The molecule has 0 aromatic carbocycles. The Labute approximate surface area is 110 Å². The minimum Gasteiger partial charge on any atom is -0.462 e. The number of carbonyl (C=O) groups excluding carboxylic acids is 1. The molecule has 0 aromatic heterocycles. The van der Waals surface area contributed by atoms with E-state index in [4.69, 9.17) is 9.47 Å². The smallest absolute Gasteiger partial charge is 0.306 e. The third-order valence-electron chi connectivity index (χ3n) is 3.90. The van der Waals surface area contributed by atoms with Crippen molar-refractivity contribution in [2.45, 2.75) is 76.6 Å². The van der Waals surface area contributed by atoms with E-state index in [9.17, 15) is 4.79 Å². The highest BCUT2D eigenvalue weighted by Gasteiger charge is 2.30. The summed E-state index contributed by atoms with van der Waals surface area (Å²) in [4.78, 5) is 11.0. The Hall–Kier alpha value is -0.830. The second-order valence-corrected chi connectivity index (χ2v) is 5.48. The highest BCUT2D eigenvalue weighted by molar-refractivity contribution is 5.71. The molecule has 2 heterocycles. The fourth-order valence-electron chi connectivity index (χ4n) is 2.80. The van der Waals surface area contributed by atoms with Gasteiger partial charge in [-0.05, 0) is 37.7 Å². The van der Waals surface area contributed by atoms with Gasteiger partial charge in [-0.3, -0.25) is 4.79 Å². The monoisotopic (exact) mass is 252 g/mol. The molecule has 0 amide bonds. The molecule has 102 valence electrons. The number of unbranched alkanes of at least 4 members (excludes halogenated alkanes) is 1. The number of cyclic esters (lactones) is 1. The molecule has 2 aliphatic rings. The van der Waals surface area contributed by atoms with Crippen molar-refractivity contribution in [2.75, 3.05) is 0 Å². The summed E-state index contributed by atoms with van der Waals surface area (Å²) in [5.41, 5.74) is 1.22. The lowest BCUT2D eigenvalue weighted by atomic mass is 10.0. The average molecular weight is 252 g/mol. The molecule has 2 aliphatic heterocycles. The van der Waals surface area contributed by atoms with Crippen molar-refractivity contribution in [1.29, 1.82) is 0 Å². The second-order valence-electron chi connectivity index (χ2n) is 5.48. The molecule has 2 fully saturated rings. The fraction of sp³-hybridized carbons (Fsp3) is 0.800. The van der Waals surface area contributed by atoms with E-state index in [1.54, 1.807) is 0 Å². The van der Waals surface area contributed by atoms with Gasteiger partial charge in [-0.1, -0.05) is 26.3 Å². The van der Waals surface area contributed by atoms with E-state index in [0.717, 1.165) is 32.1 Å². The molecule has 0 bridgehead atoms. The summed E-state index contributed by atoms with van der Waals surface area (Å²) in [5.74, 6) is -0.0491. The summed E-state index contributed by atoms with van der Waals surface area (Å²) in [5, 5.41) is 0. The topological polar surface area (TPSA) is 35.5 Å². The number of carbonyl (C=O) groups is 1. The van der Waals surface area contributed by atoms with Gasteiger partial charge in [0, 0.05) is 6.42 Å². The van der Waals surface area contributed by atoms with Crippen LogP contribution in [0.1, 0.15) is 58.3 Å². The fourth-order valence-corrected chi connectivity index (χ4v) is 2.80. The molecule has 0 saturated carbocycles. The Bertz CT molecular complexity index is 311. The molecule has 2 rings (SSSR count). The maximum atomic E-state index is 11.0. The first-order chi connectivity index (χ1) is 8.69. The molecule has 0 N–H and O–H groups in total. The number of esters is 1. The molecule has 0 spiro atoms. The molecule has 0 radical (unpaired) electrons. The first-order valence-corrected chi connectivity index (χ1v) is 7.21. The number of hydrogen-bond acceptors (Lipinski definition) is 3. The lowest BCUT2D eigenvalue weighted by Gasteiger charge is -2.15. The number of rotatable bonds is 6. The van der Waals surface area contributed by atoms with Gasteiger partial charge in [0.15, 0.2) is 0 Å². The maximum Gasteiger partial charge on any atom is 0.306 e. The summed E-state index contributed by atoms with van der Waals surface area (Å²) in [6.07, 6.45) is 8.57. The van der Waals surface area contributed by atoms with Crippen LogP contribution in [-0.2, 0) is 14.3 Å². The zero-order valence-electron chi connectivity index (χ0n) is 11.3. The van der Waals surface area contributed by atoms with Crippen LogP contribution in [0.5, 0.6) is 0 Å². The quantitative estimate of drug-likeness (QED) is 0.537. The lowest BCUT2D eigenvalue weighted by molar-refractivity contribution is -0.141. The van der Waals surface area contributed by atoms with Crippen LogP contribution in [0.25, 0.3) is 0 Å². The highest BCUT2D eigenvalue weighted by Crippen LogP contribution is 2.31. The minimum atomic E-state index is -0.0491. The standard InChI is InChI=1S/C15H24O3/c1-3-4-5-13-10-11(2)14(17-13)8-6-12-7-9-15(16)18-12/h12-14H,2-10H2,1H3/t12-,13+,14?/m1/s1. The van der Waals surface area contributed by atoms with E-state index in [2.05, 4.69) is 13.5 Å². The Balaban J connectivity index is 1.69. The van der Waals surface area contributed by atoms with Crippen molar-refractivity contribution in [2.24, 2.45) is 0 Å². The first-order valence-electron chi connectivity index (χ1n) is 7.21. The van der Waals surface area contributed by atoms with Crippen molar-refractivity contribution >= 4 is 5.97 Å². The zero-order valence-corrected chi connectivity index (χ0v) is 11.3.